The number of carboxylic acids is 1. The molecule has 0 fully saturated rings. The van der Waals surface area contributed by atoms with Gasteiger partial charge in [-0.3, -0.25) is 4.79 Å². The number of aryl methyl sites for hydroxylation is 2. The maximum atomic E-state index is 10.7. The van der Waals surface area contributed by atoms with Crippen molar-refractivity contribution in [3.63, 3.8) is 0 Å². The fourth-order valence-electron chi connectivity index (χ4n) is 1.85. The molecule has 0 saturated carbocycles. The van der Waals surface area contributed by atoms with Crippen LogP contribution in [0, 0.1) is 13.8 Å². The van der Waals surface area contributed by atoms with Crippen LogP contribution in [0.15, 0.2) is 12.1 Å². The number of hydrogen-bond donors (Lipinski definition) is 2. The second kappa shape index (κ2) is 3.83. The molecule has 0 aliphatic heterocycles. The molecule has 2 N–H and O–H groups in total. The van der Waals surface area contributed by atoms with Crippen LogP contribution in [-0.4, -0.2) is 16.1 Å². The number of H-pyrrole nitrogens is 1. The van der Waals surface area contributed by atoms with Crippen molar-refractivity contribution in [3.05, 3.63) is 34.0 Å². The standard InChI is InChI=1S/C12H12ClNO2/c1-6-7(2)14-12-9(6)3-8(4-10(12)13)5-11(15)16/h3-4,14H,5H2,1-2H3,(H,15,16). The van der Waals surface area contributed by atoms with Crippen molar-refractivity contribution >= 4 is 28.5 Å². The zero-order chi connectivity index (χ0) is 11.9. The monoisotopic (exact) mass is 237 g/mol. The summed E-state index contributed by atoms with van der Waals surface area (Å²) in [5.74, 6) is -0.847. The number of halogens is 1. The van der Waals surface area contributed by atoms with Crippen LogP contribution in [0.25, 0.3) is 10.9 Å². The Kier molecular flexibility index (Phi) is 2.64. The summed E-state index contributed by atoms with van der Waals surface area (Å²) in [5, 5.41) is 10.3. The summed E-state index contributed by atoms with van der Waals surface area (Å²) in [7, 11) is 0. The molecular formula is C12H12ClNO2. The molecule has 1 aromatic heterocycles. The van der Waals surface area contributed by atoms with E-state index in [2.05, 4.69) is 4.98 Å². The number of aromatic amines is 1. The predicted molar refractivity (Wildman–Crippen MR) is 64.1 cm³/mol. The maximum Gasteiger partial charge on any atom is 0.307 e. The fraction of sp³-hybridized carbons (Fsp3) is 0.250. The van der Waals surface area contributed by atoms with Gasteiger partial charge in [0.2, 0.25) is 0 Å². The van der Waals surface area contributed by atoms with E-state index in [0.717, 1.165) is 27.7 Å². The molecule has 0 aliphatic carbocycles. The minimum atomic E-state index is -0.847. The van der Waals surface area contributed by atoms with Crippen LogP contribution in [0.1, 0.15) is 16.8 Å². The molecular weight excluding hydrogens is 226 g/mol. The Morgan fingerprint density at radius 3 is 2.75 bits per heavy atom. The number of benzene rings is 1. The number of nitrogens with one attached hydrogen (secondary N) is 1. The molecule has 4 heteroatoms. The summed E-state index contributed by atoms with van der Waals surface area (Å²) in [6, 6.07) is 3.58. The zero-order valence-corrected chi connectivity index (χ0v) is 9.85. The Labute approximate surface area is 98.0 Å². The van der Waals surface area contributed by atoms with Crippen LogP contribution in [-0.2, 0) is 11.2 Å². The minimum absolute atomic E-state index is 0.000667. The van der Waals surface area contributed by atoms with E-state index in [1.165, 1.54) is 0 Å². The Morgan fingerprint density at radius 1 is 1.44 bits per heavy atom. The average molecular weight is 238 g/mol. The molecule has 0 atom stereocenters. The van der Waals surface area contributed by atoms with Crippen molar-refractivity contribution in [3.8, 4) is 0 Å². The highest BCUT2D eigenvalue weighted by Gasteiger charge is 2.10. The first-order chi connectivity index (χ1) is 7.49. The van der Waals surface area contributed by atoms with Gasteiger partial charge in [-0.05, 0) is 37.1 Å². The Balaban J connectivity index is 2.65. The van der Waals surface area contributed by atoms with Gasteiger partial charge in [-0.25, -0.2) is 0 Å². The summed E-state index contributed by atoms with van der Waals surface area (Å²) >= 11 is 6.11. The van der Waals surface area contributed by atoms with Crippen molar-refractivity contribution in [2.45, 2.75) is 20.3 Å². The lowest BCUT2D eigenvalue weighted by atomic mass is 10.1. The Bertz CT molecular complexity index is 572. The molecule has 0 radical (unpaired) electrons. The molecule has 1 aromatic carbocycles. The van der Waals surface area contributed by atoms with Crippen LogP contribution >= 0.6 is 11.6 Å². The number of hydrogen-bond acceptors (Lipinski definition) is 1. The predicted octanol–water partition coefficient (Wildman–Crippen LogP) is 3.07. The summed E-state index contributed by atoms with van der Waals surface area (Å²) in [5.41, 5.74) is 3.78. The number of aromatic nitrogens is 1. The lowest BCUT2D eigenvalue weighted by Crippen LogP contribution is -1.99. The van der Waals surface area contributed by atoms with E-state index in [4.69, 9.17) is 16.7 Å². The largest absolute Gasteiger partial charge is 0.481 e. The van der Waals surface area contributed by atoms with Crippen LogP contribution in [0.2, 0.25) is 5.02 Å². The quantitative estimate of drug-likeness (QED) is 0.844. The summed E-state index contributed by atoms with van der Waals surface area (Å²) in [6.07, 6.45) is -0.000667. The van der Waals surface area contributed by atoms with Crippen molar-refractivity contribution in [1.29, 1.82) is 0 Å². The van der Waals surface area contributed by atoms with Gasteiger partial charge in [0.05, 0.1) is 17.0 Å². The molecule has 0 aliphatic rings. The second-order valence-electron chi connectivity index (χ2n) is 3.95. The molecule has 0 unspecified atom stereocenters. The molecule has 0 bridgehead atoms. The van der Waals surface area contributed by atoms with E-state index in [1.807, 2.05) is 19.9 Å². The van der Waals surface area contributed by atoms with Gasteiger partial charge in [0.25, 0.3) is 0 Å². The normalized spacial score (nSPS) is 10.9. The summed E-state index contributed by atoms with van der Waals surface area (Å²) in [6.45, 7) is 3.97. The first-order valence-corrected chi connectivity index (χ1v) is 5.36. The molecule has 1 heterocycles. The average Bonchev–Trinajstić information content (AvgIpc) is 2.45. The smallest absolute Gasteiger partial charge is 0.307 e. The highest BCUT2D eigenvalue weighted by atomic mass is 35.5. The van der Waals surface area contributed by atoms with Crippen LogP contribution in [0.5, 0.6) is 0 Å². The lowest BCUT2D eigenvalue weighted by Gasteiger charge is -2.01. The third kappa shape index (κ3) is 1.78. The van der Waals surface area contributed by atoms with Crippen molar-refractivity contribution in [2.24, 2.45) is 0 Å². The van der Waals surface area contributed by atoms with E-state index in [1.54, 1.807) is 6.07 Å². The van der Waals surface area contributed by atoms with Gasteiger partial charge in [-0.15, -0.1) is 0 Å². The third-order valence-corrected chi connectivity index (χ3v) is 3.08. The van der Waals surface area contributed by atoms with Gasteiger partial charge in [-0.1, -0.05) is 11.6 Å². The van der Waals surface area contributed by atoms with E-state index in [0.29, 0.717) is 5.02 Å². The first-order valence-electron chi connectivity index (χ1n) is 4.98. The number of carboxylic acid groups (broad SMARTS) is 1. The van der Waals surface area contributed by atoms with Gasteiger partial charge < -0.3 is 10.1 Å². The first kappa shape index (κ1) is 11.0. The highest BCUT2D eigenvalue weighted by molar-refractivity contribution is 6.35. The lowest BCUT2D eigenvalue weighted by molar-refractivity contribution is -0.136. The second-order valence-corrected chi connectivity index (χ2v) is 4.35. The van der Waals surface area contributed by atoms with Crippen molar-refractivity contribution in [2.75, 3.05) is 0 Å². The number of rotatable bonds is 2. The number of fused-ring (bicyclic) bond motifs is 1. The number of carbonyl (C=O) groups is 1. The molecule has 16 heavy (non-hydrogen) atoms. The van der Waals surface area contributed by atoms with Crippen molar-refractivity contribution < 1.29 is 9.90 Å². The molecule has 2 rings (SSSR count). The molecule has 3 nitrogen and oxygen atoms in total. The highest BCUT2D eigenvalue weighted by Crippen LogP contribution is 2.29. The van der Waals surface area contributed by atoms with Gasteiger partial charge >= 0.3 is 5.97 Å². The Hall–Kier alpha value is -1.48. The van der Waals surface area contributed by atoms with E-state index in [-0.39, 0.29) is 6.42 Å². The molecule has 0 saturated heterocycles. The van der Waals surface area contributed by atoms with Crippen molar-refractivity contribution in [1.82, 2.24) is 4.98 Å². The van der Waals surface area contributed by atoms with Gasteiger partial charge in [0, 0.05) is 11.1 Å². The van der Waals surface area contributed by atoms with Gasteiger partial charge in [0.1, 0.15) is 0 Å². The van der Waals surface area contributed by atoms with Gasteiger partial charge in [-0.2, -0.15) is 0 Å². The summed E-state index contributed by atoms with van der Waals surface area (Å²) in [4.78, 5) is 13.9. The van der Waals surface area contributed by atoms with E-state index < -0.39 is 5.97 Å². The maximum absolute atomic E-state index is 10.7. The zero-order valence-electron chi connectivity index (χ0n) is 9.10. The molecule has 0 amide bonds. The number of aliphatic carboxylic acids is 1. The molecule has 84 valence electrons. The van der Waals surface area contributed by atoms with E-state index >= 15 is 0 Å². The van der Waals surface area contributed by atoms with Crippen LogP contribution in [0.4, 0.5) is 0 Å². The van der Waals surface area contributed by atoms with Crippen LogP contribution in [0.3, 0.4) is 0 Å². The third-order valence-electron chi connectivity index (χ3n) is 2.78. The topological polar surface area (TPSA) is 53.1 Å². The van der Waals surface area contributed by atoms with E-state index in [9.17, 15) is 4.79 Å². The molecule has 0 spiro atoms. The Morgan fingerprint density at radius 2 is 2.12 bits per heavy atom. The minimum Gasteiger partial charge on any atom is -0.481 e. The fourth-order valence-corrected chi connectivity index (χ4v) is 2.13. The van der Waals surface area contributed by atoms with Gasteiger partial charge in [0.15, 0.2) is 0 Å². The van der Waals surface area contributed by atoms with Crippen LogP contribution < -0.4 is 0 Å². The summed E-state index contributed by atoms with van der Waals surface area (Å²) < 4.78 is 0. The molecule has 2 aromatic rings. The SMILES string of the molecule is Cc1[nH]c2c(Cl)cc(CC(=O)O)cc2c1C.